The summed E-state index contributed by atoms with van der Waals surface area (Å²) in [5.74, 6) is -0.290. The van der Waals surface area contributed by atoms with Crippen LogP contribution in [0.3, 0.4) is 0 Å². The minimum absolute atomic E-state index is 0.290. The summed E-state index contributed by atoms with van der Waals surface area (Å²) in [5.41, 5.74) is 1.53. The number of hydrogen-bond donors (Lipinski definition) is 2. The Kier molecular flexibility index (Phi) is 2.19. The fourth-order valence-corrected chi connectivity index (χ4v) is 1.64. The Labute approximate surface area is 76.4 Å². The van der Waals surface area contributed by atoms with Gasteiger partial charge in [-0.25, -0.2) is 4.39 Å². The van der Waals surface area contributed by atoms with Gasteiger partial charge in [-0.1, -0.05) is 0 Å². The predicted molar refractivity (Wildman–Crippen MR) is 49.1 cm³/mol. The Balaban J connectivity index is 2.43. The lowest BCUT2D eigenvalue weighted by atomic mass is 10.0. The van der Waals surface area contributed by atoms with Crippen molar-refractivity contribution in [2.45, 2.75) is 18.9 Å². The average Bonchev–Trinajstić information content (AvgIpc) is 2.29. The molecule has 0 amide bonds. The number of fused-ring (bicyclic) bond motifs is 1. The lowest BCUT2D eigenvalue weighted by Crippen LogP contribution is -2.00. The number of benzene rings is 1. The summed E-state index contributed by atoms with van der Waals surface area (Å²) in [4.78, 5) is 0. The van der Waals surface area contributed by atoms with E-state index in [9.17, 15) is 9.50 Å². The zero-order chi connectivity index (χ0) is 9.26. The van der Waals surface area contributed by atoms with Crippen molar-refractivity contribution in [2.24, 2.45) is 0 Å². The summed E-state index contributed by atoms with van der Waals surface area (Å²) in [5, 5.41) is 12.8. The summed E-state index contributed by atoms with van der Waals surface area (Å²) in [6, 6.07) is 4.49. The van der Waals surface area contributed by atoms with Crippen LogP contribution in [0, 0.1) is 5.82 Å². The molecule has 0 fully saturated rings. The van der Waals surface area contributed by atoms with Gasteiger partial charge in [0, 0.05) is 17.8 Å². The van der Waals surface area contributed by atoms with E-state index in [4.69, 9.17) is 0 Å². The van der Waals surface area contributed by atoms with E-state index >= 15 is 0 Å². The number of aliphatic hydroxyl groups is 1. The van der Waals surface area contributed by atoms with Crippen LogP contribution in [0.1, 0.15) is 24.5 Å². The largest absolute Gasteiger partial charge is 0.388 e. The molecule has 1 aliphatic rings. The maximum Gasteiger partial charge on any atom is 0.123 e. The Morgan fingerprint density at radius 1 is 1.46 bits per heavy atom. The molecule has 0 bridgehead atoms. The molecule has 1 aromatic carbocycles. The zero-order valence-electron chi connectivity index (χ0n) is 7.26. The first kappa shape index (κ1) is 8.51. The second-order valence-corrected chi connectivity index (χ2v) is 3.32. The molecule has 0 aliphatic carbocycles. The summed E-state index contributed by atoms with van der Waals surface area (Å²) >= 11 is 0. The molecule has 0 radical (unpaired) electrons. The van der Waals surface area contributed by atoms with Crippen molar-refractivity contribution in [1.29, 1.82) is 0 Å². The van der Waals surface area contributed by atoms with Crippen molar-refractivity contribution in [1.82, 2.24) is 0 Å². The van der Waals surface area contributed by atoms with Gasteiger partial charge in [-0.3, -0.25) is 0 Å². The normalized spacial score (nSPS) is 21.5. The van der Waals surface area contributed by atoms with Crippen molar-refractivity contribution >= 4 is 5.69 Å². The number of halogens is 1. The van der Waals surface area contributed by atoms with Crippen LogP contribution in [0.5, 0.6) is 0 Å². The molecule has 0 aromatic heterocycles. The van der Waals surface area contributed by atoms with E-state index in [2.05, 4.69) is 5.32 Å². The molecule has 2 N–H and O–H groups in total. The Hall–Kier alpha value is -1.09. The van der Waals surface area contributed by atoms with Crippen LogP contribution >= 0.6 is 0 Å². The van der Waals surface area contributed by atoms with E-state index in [0.29, 0.717) is 12.0 Å². The second-order valence-electron chi connectivity index (χ2n) is 3.32. The molecule has 0 saturated heterocycles. The first-order valence-electron chi connectivity index (χ1n) is 4.49. The highest BCUT2D eigenvalue weighted by Gasteiger charge is 2.16. The minimum Gasteiger partial charge on any atom is -0.388 e. The van der Waals surface area contributed by atoms with Crippen LogP contribution in [-0.4, -0.2) is 11.7 Å². The summed E-state index contributed by atoms with van der Waals surface area (Å²) in [6.07, 6.45) is 1.08. The highest BCUT2D eigenvalue weighted by Crippen LogP contribution is 2.29. The van der Waals surface area contributed by atoms with Gasteiger partial charge in [0.2, 0.25) is 0 Å². The number of hydrogen-bond acceptors (Lipinski definition) is 2. The molecule has 1 atom stereocenters. The van der Waals surface area contributed by atoms with Crippen LogP contribution in [-0.2, 0) is 0 Å². The Bertz CT molecular complexity index is 314. The van der Waals surface area contributed by atoms with Gasteiger partial charge in [0.15, 0.2) is 0 Å². The first-order valence-corrected chi connectivity index (χ1v) is 4.49. The third-order valence-electron chi connectivity index (χ3n) is 2.34. The van der Waals surface area contributed by atoms with Crippen molar-refractivity contribution in [3.05, 3.63) is 29.6 Å². The van der Waals surface area contributed by atoms with Gasteiger partial charge in [0.25, 0.3) is 0 Å². The summed E-state index contributed by atoms with van der Waals surface area (Å²) < 4.78 is 12.9. The number of nitrogens with one attached hydrogen (secondary N) is 1. The van der Waals surface area contributed by atoms with Crippen LogP contribution in [0.15, 0.2) is 18.2 Å². The molecule has 2 rings (SSSR count). The molecule has 1 aromatic rings. The number of aliphatic hydroxyl groups excluding tert-OH is 1. The van der Waals surface area contributed by atoms with Gasteiger partial charge in [-0.15, -0.1) is 0 Å². The van der Waals surface area contributed by atoms with Gasteiger partial charge in [0.1, 0.15) is 5.82 Å². The maximum absolute atomic E-state index is 12.9. The number of rotatable bonds is 0. The minimum atomic E-state index is -0.527. The van der Waals surface area contributed by atoms with Gasteiger partial charge in [0.05, 0.1) is 6.10 Å². The van der Waals surface area contributed by atoms with Gasteiger partial charge in [-0.2, -0.15) is 0 Å². The van der Waals surface area contributed by atoms with E-state index < -0.39 is 6.10 Å². The predicted octanol–water partition coefficient (Wildman–Crippen LogP) is 2.06. The number of anilines is 1. The van der Waals surface area contributed by atoms with Gasteiger partial charge in [-0.05, 0) is 31.0 Å². The topological polar surface area (TPSA) is 32.3 Å². The summed E-state index contributed by atoms with van der Waals surface area (Å²) in [6.45, 7) is 0.843. The molecule has 1 aliphatic heterocycles. The molecule has 70 valence electrons. The zero-order valence-corrected chi connectivity index (χ0v) is 7.26. The molecular weight excluding hydrogens is 169 g/mol. The van der Waals surface area contributed by atoms with Crippen LogP contribution < -0.4 is 5.32 Å². The highest BCUT2D eigenvalue weighted by molar-refractivity contribution is 5.53. The van der Waals surface area contributed by atoms with E-state index in [1.54, 1.807) is 6.07 Å². The lowest BCUT2D eigenvalue weighted by Gasteiger charge is -2.10. The van der Waals surface area contributed by atoms with Crippen molar-refractivity contribution < 1.29 is 9.50 Å². The first-order chi connectivity index (χ1) is 6.27. The van der Waals surface area contributed by atoms with E-state index in [1.807, 2.05) is 0 Å². The Morgan fingerprint density at radius 3 is 3.15 bits per heavy atom. The van der Waals surface area contributed by atoms with Gasteiger partial charge >= 0.3 is 0 Å². The van der Waals surface area contributed by atoms with E-state index in [1.165, 1.54) is 12.1 Å². The Morgan fingerprint density at radius 2 is 2.31 bits per heavy atom. The molecule has 0 spiro atoms. The van der Waals surface area contributed by atoms with Crippen LogP contribution in [0.25, 0.3) is 0 Å². The molecular formula is C10H12FNO. The standard InChI is InChI=1S/C10H12FNO/c11-7-3-4-9-8(6-7)10(13)2-1-5-12-9/h3-4,6,10,12-13H,1-2,5H2/t10-/m1/s1. The molecule has 3 heteroatoms. The lowest BCUT2D eigenvalue weighted by molar-refractivity contribution is 0.168. The fraction of sp³-hybridized carbons (Fsp3) is 0.400. The summed E-state index contributed by atoms with van der Waals surface area (Å²) in [7, 11) is 0. The maximum atomic E-state index is 12.9. The van der Waals surface area contributed by atoms with Crippen molar-refractivity contribution in [3.8, 4) is 0 Å². The molecule has 13 heavy (non-hydrogen) atoms. The molecule has 0 unspecified atom stereocenters. The van der Waals surface area contributed by atoms with Crippen molar-refractivity contribution in [3.63, 3.8) is 0 Å². The van der Waals surface area contributed by atoms with E-state index in [0.717, 1.165) is 18.7 Å². The quantitative estimate of drug-likeness (QED) is 0.642. The third-order valence-corrected chi connectivity index (χ3v) is 2.34. The average molecular weight is 181 g/mol. The molecule has 0 saturated carbocycles. The second kappa shape index (κ2) is 3.34. The monoisotopic (exact) mass is 181 g/mol. The SMILES string of the molecule is O[C@@H]1CCCNc2ccc(F)cc21. The fourth-order valence-electron chi connectivity index (χ4n) is 1.64. The third kappa shape index (κ3) is 1.65. The van der Waals surface area contributed by atoms with Gasteiger partial charge < -0.3 is 10.4 Å². The molecule has 2 nitrogen and oxygen atoms in total. The van der Waals surface area contributed by atoms with Crippen LogP contribution in [0.4, 0.5) is 10.1 Å². The van der Waals surface area contributed by atoms with E-state index in [-0.39, 0.29) is 5.82 Å². The molecule has 1 heterocycles. The highest BCUT2D eigenvalue weighted by atomic mass is 19.1. The van der Waals surface area contributed by atoms with Crippen molar-refractivity contribution in [2.75, 3.05) is 11.9 Å². The smallest absolute Gasteiger partial charge is 0.123 e. The van der Waals surface area contributed by atoms with Crippen LogP contribution in [0.2, 0.25) is 0 Å².